The largest absolute Gasteiger partial charge is 0.491 e. The van der Waals surface area contributed by atoms with Crippen LogP contribution in [0.4, 0.5) is 0 Å². The molecule has 0 saturated heterocycles. The second-order valence-electron chi connectivity index (χ2n) is 4.46. The van der Waals surface area contributed by atoms with Crippen LogP contribution in [0.1, 0.15) is 26.3 Å². The summed E-state index contributed by atoms with van der Waals surface area (Å²) in [6, 6.07) is 7.72. The van der Waals surface area contributed by atoms with Gasteiger partial charge in [-0.15, -0.1) is 0 Å². The molecule has 2 N–H and O–H groups in total. The summed E-state index contributed by atoms with van der Waals surface area (Å²) < 4.78 is 5.58. The number of ether oxygens (including phenoxy) is 1. The summed E-state index contributed by atoms with van der Waals surface area (Å²) in [5, 5.41) is 12.1. The summed E-state index contributed by atoms with van der Waals surface area (Å²) in [6.07, 6.45) is 0.931. The van der Waals surface area contributed by atoms with Crippen LogP contribution >= 0.6 is 0 Å². The van der Waals surface area contributed by atoms with Crippen LogP contribution in [0.15, 0.2) is 24.3 Å². The second kappa shape index (κ2) is 6.40. The van der Waals surface area contributed by atoms with Crippen molar-refractivity contribution in [3.63, 3.8) is 0 Å². The van der Waals surface area contributed by atoms with Gasteiger partial charge in [-0.05, 0) is 37.6 Å². The Morgan fingerprint density at radius 2 is 2.17 bits per heavy atom. The van der Waals surface area contributed by atoms with Crippen molar-refractivity contribution in [3.05, 3.63) is 29.8 Å². The van der Waals surface area contributed by atoms with Gasteiger partial charge in [0.25, 0.3) is 0 Å². The highest BCUT2D eigenvalue weighted by Crippen LogP contribution is 2.16. The summed E-state index contributed by atoms with van der Waals surface area (Å²) in [7, 11) is 0. The molecule has 1 atom stereocenters. The lowest BCUT2D eigenvalue weighted by Crippen LogP contribution is -2.53. The molecule has 0 bridgehead atoms. The Morgan fingerprint density at radius 1 is 1.44 bits per heavy atom. The molecule has 18 heavy (non-hydrogen) atoms. The van der Waals surface area contributed by atoms with Crippen LogP contribution in [0, 0.1) is 0 Å². The van der Waals surface area contributed by atoms with E-state index in [4.69, 9.17) is 4.74 Å². The van der Waals surface area contributed by atoms with Gasteiger partial charge in [-0.1, -0.05) is 26.0 Å². The molecule has 0 radical (unpaired) electrons. The standard InChI is InChI=1S/C14H21NO3/c1-4-11-7-6-8-12(9-11)18-10-14(3,13(16)17)15-5-2/h6-9,15H,4-5,10H2,1-3H3,(H,16,17). The summed E-state index contributed by atoms with van der Waals surface area (Å²) in [6.45, 7) is 6.25. The van der Waals surface area contributed by atoms with E-state index >= 15 is 0 Å². The van der Waals surface area contributed by atoms with Crippen molar-refractivity contribution in [2.24, 2.45) is 0 Å². The van der Waals surface area contributed by atoms with Crippen molar-refractivity contribution >= 4 is 5.97 Å². The van der Waals surface area contributed by atoms with Gasteiger partial charge in [-0.25, -0.2) is 0 Å². The molecule has 1 unspecified atom stereocenters. The number of hydrogen-bond acceptors (Lipinski definition) is 3. The molecule has 0 spiro atoms. The molecular weight excluding hydrogens is 230 g/mol. The van der Waals surface area contributed by atoms with Gasteiger partial charge in [-0.3, -0.25) is 10.1 Å². The van der Waals surface area contributed by atoms with Crippen molar-refractivity contribution in [2.45, 2.75) is 32.7 Å². The van der Waals surface area contributed by atoms with E-state index in [1.807, 2.05) is 31.2 Å². The van der Waals surface area contributed by atoms with Crippen molar-refractivity contribution in [1.82, 2.24) is 5.32 Å². The van der Waals surface area contributed by atoms with Gasteiger partial charge in [-0.2, -0.15) is 0 Å². The van der Waals surface area contributed by atoms with Crippen LogP contribution in [0.3, 0.4) is 0 Å². The van der Waals surface area contributed by atoms with Gasteiger partial charge in [0, 0.05) is 0 Å². The molecule has 0 aliphatic rings. The summed E-state index contributed by atoms with van der Waals surface area (Å²) in [5.74, 6) is -0.198. The number of aliphatic carboxylic acids is 1. The molecule has 0 aliphatic heterocycles. The predicted octanol–water partition coefficient (Wildman–Crippen LogP) is 2.08. The number of likely N-dealkylation sites (N-methyl/N-ethyl adjacent to an activating group) is 1. The first-order valence-corrected chi connectivity index (χ1v) is 6.22. The maximum atomic E-state index is 11.2. The number of aryl methyl sites for hydroxylation is 1. The molecule has 0 amide bonds. The third kappa shape index (κ3) is 3.74. The molecule has 0 saturated carbocycles. The van der Waals surface area contributed by atoms with Gasteiger partial charge in [0.15, 0.2) is 0 Å². The number of carboxylic acid groups (broad SMARTS) is 1. The fourth-order valence-corrected chi connectivity index (χ4v) is 1.66. The Hall–Kier alpha value is -1.55. The third-order valence-electron chi connectivity index (χ3n) is 2.87. The van der Waals surface area contributed by atoms with E-state index in [0.29, 0.717) is 12.3 Å². The number of benzene rings is 1. The zero-order valence-electron chi connectivity index (χ0n) is 11.2. The molecule has 1 aromatic rings. The van der Waals surface area contributed by atoms with Crippen LogP contribution in [0.2, 0.25) is 0 Å². The third-order valence-corrected chi connectivity index (χ3v) is 2.87. The number of carboxylic acids is 1. The van der Waals surface area contributed by atoms with Gasteiger partial charge in [0.2, 0.25) is 0 Å². The van der Waals surface area contributed by atoms with E-state index in [2.05, 4.69) is 12.2 Å². The second-order valence-corrected chi connectivity index (χ2v) is 4.46. The molecule has 0 aromatic heterocycles. The molecule has 100 valence electrons. The van der Waals surface area contributed by atoms with Gasteiger partial charge < -0.3 is 9.84 Å². The minimum Gasteiger partial charge on any atom is -0.491 e. The zero-order valence-corrected chi connectivity index (χ0v) is 11.2. The number of rotatable bonds is 7. The van der Waals surface area contributed by atoms with Gasteiger partial charge in [0.05, 0.1) is 0 Å². The highest BCUT2D eigenvalue weighted by Gasteiger charge is 2.33. The van der Waals surface area contributed by atoms with Crippen molar-refractivity contribution in [3.8, 4) is 5.75 Å². The summed E-state index contributed by atoms with van der Waals surface area (Å²) in [4.78, 5) is 11.2. The van der Waals surface area contributed by atoms with E-state index in [-0.39, 0.29) is 6.61 Å². The summed E-state index contributed by atoms with van der Waals surface area (Å²) >= 11 is 0. The zero-order chi connectivity index (χ0) is 13.6. The van der Waals surface area contributed by atoms with Crippen LogP contribution in [-0.4, -0.2) is 29.8 Å². The van der Waals surface area contributed by atoms with Crippen LogP contribution in [0.5, 0.6) is 5.75 Å². The normalized spacial score (nSPS) is 13.9. The highest BCUT2D eigenvalue weighted by molar-refractivity contribution is 5.78. The van der Waals surface area contributed by atoms with Crippen LogP contribution < -0.4 is 10.1 Å². The van der Waals surface area contributed by atoms with Crippen LogP contribution in [0.25, 0.3) is 0 Å². The maximum Gasteiger partial charge on any atom is 0.327 e. The molecule has 4 nitrogen and oxygen atoms in total. The molecule has 0 heterocycles. The Kier molecular flexibility index (Phi) is 5.16. The van der Waals surface area contributed by atoms with E-state index < -0.39 is 11.5 Å². The van der Waals surface area contributed by atoms with Crippen molar-refractivity contribution in [2.75, 3.05) is 13.2 Å². The van der Waals surface area contributed by atoms with E-state index in [9.17, 15) is 9.90 Å². The van der Waals surface area contributed by atoms with Gasteiger partial charge >= 0.3 is 5.97 Å². The maximum absolute atomic E-state index is 11.2. The lowest BCUT2D eigenvalue weighted by atomic mass is 10.0. The Morgan fingerprint density at radius 3 is 2.72 bits per heavy atom. The van der Waals surface area contributed by atoms with Gasteiger partial charge in [0.1, 0.15) is 17.9 Å². The van der Waals surface area contributed by atoms with E-state index in [1.165, 1.54) is 5.56 Å². The fraction of sp³-hybridized carbons (Fsp3) is 0.500. The first-order valence-electron chi connectivity index (χ1n) is 6.22. The monoisotopic (exact) mass is 251 g/mol. The molecule has 0 fully saturated rings. The minimum absolute atomic E-state index is 0.101. The Labute approximate surface area is 108 Å². The SMILES string of the molecule is CCNC(C)(COc1cccc(CC)c1)C(=O)O. The molecule has 4 heteroatoms. The lowest BCUT2D eigenvalue weighted by Gasteiger charge is -2.25. The fourth-order valence-electron chi connectivity index (χ4n) is 1.66. The smallest absolute Gasteiger partial charge is 0.327 e. The van der Waals surface area contributed by atoms with E-state index in [1.54, 1.807) is 6.92 Å². The Balaban J connectivity index is 2.69. The van der Waals surface area contributed by atoms with Crippen molar-refractivity contribution in [1.29, 1.82) is 0 Å². The molecule has 1 rings (SSSR count). The quantitative estimate of drug-likeness (QED) is 0.779. The first-order chi connectivity index (χ1) is 8.51. The molecule has 0 aliphatic carbocycles. The molecular formula is C14H21NO3. The topological polar surface area (TPSA) is 58.6 Å². The predicted molar refractivity (Wildman–Crippen MR) is 71.0 cm³/mol. The average molecular weight is 251 g/mol. The highest BCUT2D eigenvalue weighted by atomic mass is 16.5. The van der Waals surface area contributed by atoms with Crippen molar-refractivity contribution < 1.29 is 14.6 Å². The first kappa shape index (κ1) is 14.5. The average Bonchev–Trinajstić information content (AvgIpc) is 2.37. The minimum atomic E-state index is -1.06. The molecule has 1 aromatic carbocycles. The lowest BCUT2D eigenvalue weighted by molar-refractivity contribution is -0.145. The number of hydrogen-bond donors (Lipinski definition) is 2. The Bertz CT molecular complexity index is 406. The summed E-state index contributed by atoms with van der Waals surface area (Å²) in [5.41, 5.74) is 0.115. The number of nitrogens with one attached hydrogen (secondary N) is 1. The van der Waals surface area contributed by atoms with E-state index in [0.717, 1.165) is 6.42 Å². The number of carbonyl (C=O) groups is 1. The van der Waals surface area contributed by atoms with Crippen LogP contribution in [-0.2, 0) is 11.2 Å².